The maximum atomic E-state index is 12.2. The van der Waals surface area contributed by atoms with Gasteiger partial charge in [0, 0.05) is 24.2 Å². The van der Waals surface area contributed by atoms with E-state index in [0.29, 0.717) is 5.13 Å². The van der Waals surface area contributed by atoms with E-state index in [1.165, 1.54) is 16.2 Å². The first kappa shape index (κ1) is 14.3. The summed E-state index contributed by atoms with van der Waals surface area (Å²) in [5, 5.41) is 3.99. The molecule has 1 aromatic rings. The SMILES string of the molecule is CCCNC(C)c1cnc(N(C)CC(F)F)s1. The fraction of sp³-hybridized carbons (Fsp3) is 0.727. The van der Waals surface area contributed by atoms with E-state index in [-0.39, 0.29) is 12.6 Å². The lowest BCUT2D eigenvalue weighted by Crippen LogP contribution is -2.23. The highest BCUT2D eigenvalue weighted by Crippen LogP contribution is 2.26. The monoisotopic (exact) mass is 263 g/mol. The Morgan fingerprint density at radius 3 is 2.82 bits per heavy atom. The summed E-state index contributed by atoms with van der Waals surface area (Å²) in [5.74, 6) is 0. The van der Waals surface area contributed by atoms with Crippen molar-refractivity contribution < 1.29 is 8.78 Å². The lowest BCUT2D eigenvalue weighted by Gasteiger charge is -2.14. The number of halogens is 2. The van der Waals surface area contributed by atoms with Crippen LogP contribution in [0.25, 0.3) is 0 Å². The van der Waals surface area contributed by atoms with Crippen LogP contribution in [0.15, 0.2) is 6.20 Å². The summed E-state index contributed by atoms with van der Waals surface area (Å²) < 4.78 is 24.5. The summed E-state index contributed by atoms with van der Waals surface area (Å²) in [6.45, 7) is 4.83. The molecule has 0 fully saturated rings. The van der Waals surface area contributed by atoms with Crippen molar-refractivity contribution in [2.24, 2.45) is 0 Å². The Bertz CT molecular complexity index is 330. The van der Waals surface area contributed by atoms with E-state index in [1.807, 2.05) is 0 Å². The molecule has 6 heteroatoms. The molecule has 1 aromatic heterocycles. The normalized spacial score (nSPS) is 13.1. The van der Waals surface area contributed by atoms with E-state index in [4.69, 9.17) is 0 Å². The molecule has 1 atom stereocenters. The van der Waals surface area contributed by atoms with Gasteiger partial charge in [0.25, 0.3) is 6.43 Å². The molecule has 1 heterocycles. The Morgan fingerprint density at radius 1 is 1.53 bits per heavy atom. The number of anilines is 1. The van der Waals surface area contributed by atoms with Gasteiger partial charge in [-0.25, -0.2) is 13.8 Å². The van der Waals surface area contributed by atoms with Gasteiger partial charge >= 0.3 is 0 Å². The molecule has 17 heavy (non-hydrogen) atoms. The molecule has 1 unspecified atom stereocenters. The Labute approximate surface area is 105 Å². The highest BCUT2D eigenvalue weighted by molar-refractivity contribution is 7.15. The molecular formula is C11H19F2N3S. The molecule has 0 spiro atoms. The number of nitrogens with one attached hydrogen (secondary N) is 1. The fourth-order valence-corrected chi connectivity index (χ4v) is 2.31. The van der Waals surface area contributed by atoms with Gasteiger partial charge < -0.3 is 10.2 Å². The molecule has 1 rings (SSSR count). The number of thiazole rings is 1. The van der Waals surface area contributed by atoms with E-state index in [9.17, 15) is 8.78 Å². The molecule has 1 N–H and O–H groups in total. The van der Waals surface area contributed by atoms with Crippen LogP contribution in [0.3, 0.4) is 0 Å². The molecule has 0 amide bonds. The summed E-state index contributed by atoms with van der Waals surface area (Å²) in [7, 11) is 1.64. The van der Waals surface area contributed by atoms with E-state index in [0.717, 1.165) is 17.8 Å². The van der Waals surface area contributed by atoms with Gasteiger partial charge in [-0.15, -0.1) is 11.3 Å². The minimum atomic E-state index is -2.33. The van der Waals surface area contributed by atoms with Crippen molar-refractivity contribution in [1.29, 1.82) is 0 Å². The van der Waals surface area contributed by atoms with Gasteiger partial charge in [0.2, 0.25) is 0 Å². The standard InChI is InChI=1S/C11H19F2N3S/c1-4-5-14-8(2)9-6-15-11(17-9)16(3)7-10(12)13/h6,8,10,14H,4-5,7H2,1-3H3. The molecule has 98 valence electrons. The second kappa shape index (κ2) is 6.86. The molecule has 0 aliphatic carbocycles. The van der Waals surface area contributed by atoms with Crippen LogP contribution in [-0.2, 0) is 0 Å². The summed E-state index contributed by atoms with van der Waals surface area (Å²) in [6.07, 6.45) is 0.499. The van der Waals surface area contributed by atoms with Gasteiger partial charge in [0.15, 0.2) is 5.13 Å². The largest absolute Gasteiger partial charge is 0.345 e. The minimum absolute atomic E-state index is 0.223. The average molecular weight is 263 g/mol. The summed E-state index contributed by atoms with van der Waals surface area (Å²) in [6, 6.07) is 0.223. The molecule has 0 aromatic carbocycles. The first-order valence-electron chi connectivity index (χ1n) is 5.73. The molecular weight excluding hydrogens is 244 g/mol. The summed E-state index contributed by atoms with van der Waals surface area (Å²) in [4.78, 5) is 6.74. The second-order valence-corrected chi connectivity index (χ2v) is 5.03. The van der Waals surface area contributed by atoms with Crippen molar-refractivity contribution in [2.75, 3.05) is 25.0 Å². The maximum Gasteiger partial charge on any atom is 0.255 e. The Hall–Kier alpha value is -0.750. The van der Waals surface area contributed by atoms with Gasteiger partial charge in [0.1, 0.15) is 0 Å². The zero-order valence-electron chi connectivity index (χ0n) is 10.4. The number of rotatable bonds is 7. The predicted molar refractivity (Wildman–Crippen MR) is 68.1 cm³/mol. The van der Waals surface area contributed by atoms with Crippen molar-refractivity contribution in [3.63, 3.8) is 0 Å². The molecule has 0 radical (unpaired) electrons. The number of hydrogen-bond donors (Lipinski definition) is 1. The van der Waals surface area contributed by atoms with Gasteiger partial charge in [-0.1, -0.05) is 6.92 Å². The van der Waals surface area contributed by atoms with Crippen LogP contribution in [0, 0.1) is 0 Å². The molecule has 0 bridgehead atoms. The van der Waals surface area contributed by atoms with Gasteiger partial charge in [-0.2, -0.15) is 0 Å². The van der Waals surface area contributed by atoms with Gasteiger partial charge in [-0.3, -0.25) is 0 Å². The minimum Gasteiger partial charge on any atom is -0.345 e. The third kappa shape index (κ3) is 4.55. The molecule has 0 aliphatic heterocycles. The summed E-state index contributed by atoms with van der Waals surface area (Å²) >= 11 is 1.46. The highest BCUT2D eigenvalue weighted by atomic mass is 32.1. The number of alkyl halides is 2. The van der Waals surface area contributed by atoms with E-state index >= 15 is 0 Å². The molecule has 3 nitrogen and oxygen atoms in total. The third-order valence-corrected chi connectivity index (χ3v) is 3.67. The highest BCUT2D eigenvalue weighted by Gasteiger charge is 2.14. The molecule has 0 saturated heterocycles. The van der Waals surface area contributed by atoms with Gasteiger partial charge in [-0.05, 0) is 19.9 Å². The van der Waals surface area contributed by atoms with Crippen LogP contribution in [0.2, 0.25) is 0 Å². The van der Waals surface area contributed by atoms with Crippen LogP contribution in [-0.4, -0.2) is 31.5 Å². The Morgan fingerprint density at radius 2 is 2.24 bits per heavy atom. The lowest BCUT2D eigenvalue weighted by molar-refractivity contribution is 0.156. The quantitative estimate of drug-likeness (QED) is 0.820. The lowest BCUT2D eigenvalue weighted by atomic mass is 10.3. The Balaban J connectivity index is 2.57. The zero-order valence-corrected chi connectivity index (χ0v) is 11.2. The Kier molecular flexibility index (Phi) is 5.77. The van der Waals surface area contributed by atoms with Crippen molar-refractivity contribution in [3.05, 3.63) is 11.1 Å². The van der Waals surface area contributed by atoms with Crippen LogP contribution in [0.1, 0.15) is 31.2 Å². The number of aromatic nitrogens is 1. The summed E-state index contributed by atoms with van der Waals surface area (Å²) in [5.41, 5.74) is 0. The van der Waals surface area contributed by atoms with Crippen LogP contribution in [0.5, 0.6) is 0 Å². The van der Waals surface area contributed by atoms with Crippen LogP contribution in [0.4, 0.5) is 13.9 Å². The van der Waals surface area contributed by atoms with Crippen molar-refractivity contribution >= 4 is 16.5 Å². The van der Waals surface area contributed by atoms with Crippen molar-refractivity contribution in [2.45, 2.75) is 32.7 Å². The smallest absolute Gasteiger partial charge is 0.255 e. The molecule has 0 saturated carbocycles. The van der Waals surface area contributed by atoms with E-state index in [1.54, 1.807) is 13.2 Å². The first-order chi connectivity index (χ1) is 8.04. The number of nitrogens with zero attached hydrogens (tertiary/aromatic N) is 2. The third-order valence-electron chi connectivity index (χ3n) is 2.38. The van der Waals surface area contributed by atoms with Crippen molar-refractivity contribution in [3.8, 4) is 0 Å². The maximum absolute atomic E-state index is 12.2. The number of hydrogen-bond acceptors (Lipinski definition) is 4. The molecule has 0 aliphatic rings. The topological polar surface area (TPSA) is 28.2 Å². The van der Waals surface area contributed by atoms with E-state index in [2.05, 4.69) is 24.1 Å². The van der Waals surface area contributed by atoms with E-state index < -0.39 is 6.43 Å². The van der Waals surface area contributed by atoms with Crippen LogP contribution < -0.4 is 10.2 Å². The fourth-order valence-electron chi connectivity index (χ4n) is 1.40. The second-order valence-electron chi connectivity index (χ2n) is 3.99. The predicted octanol–water partition coefficient (Wildman–Crippen LogP) is 2.91. The average Bonchev–Trinajstić information content (AvgIpc) is 2.74. The van der Waals surface area contributed by atoms with Gasteiger partial charge in [0.05, 0.1) is 6.54 Å². The first-order valence-corrected chi connectivity index (χ1v) is 6.54. The zero-order chi connectivity index (χ0) is 12.8. The van der Waals surface area contributed by atoms with Crippen molar-refractivity contribution in [1.82, 2.24) is 10.3 Å². The van der Waals surface area contributed by atoms with Crippen LogP contribution >= 0.6 is 11.3 Å².